The van der Waals surface area contributed by atoms with Gasteiger partial charge in [0.2, 0.25) is 0 Å². The molecule has 51 heavy (non-hydrogen) atoms. The Morgan fingerprint density at radius 2 is 1.14 bits per heavy atom. The monoisotopic (exact) mass is 851 g/mol. The summed E-state index contributed by atoms with van der Waals surface area (Å²) in [4.78, 5) is 11.7. The predicted octanol–water partition coefficient (Wildman–Crippen LogP) is 10.7. The fourth-order valence-corrected chi connectivity index (χ4v) is 9.03. The van der Waals surface area contributed by atoms with E-state index in [9.17, 15) is 0 Å². The Hall–Kier alpha value is -4.15. The minimum Gasteiger partial charge on any atom is -0.505 e. The van der Waals surface area contributed by atoms with Crippen LogP contribution in [0.15, 0.2) is 97.6 Å². The molecule has 4 aromatic carbocycles. The first-order chi connectivity index (χ1) is 24.6. The maximum absolute atomic E-state index is 3.93. The molecular weight excluding hydrogens is 808 g/mol. The summed E-state index contributed by atoms with van der Waals surface area (Å²) in [5, 5.41) is 2.52. The van der Waals surface area contributed by atoms with Gasteiger partial charge in [-0.3, -0.25) is 0 Å². The Morgan fingerprint density at radius 1 is 0.549 bits per heavy atom. The number of aromatic nitrogens is 1. The van der Waals surface area contributed by atoms with Crippen LogP contribution in [0.4, 0.5) is 28.4 Å². The minimum atomic E-state index is 0. The molecule has 0 bridgehead atoms. The van der Waals surface area contributed by atoms with Crippen LogP contribution in [0.3, 0.4) is 0 Å². The molecule has 0 saturated heterocycles. The van der Waals surface area contributed by atoms with Gasteiger partial charge in [0, 0.05) is 28.4 Å². The van der Waals surface area contributed by atoms with Crippen molar-refractivity contribution in [3.63, 3.8) is 0 Å². The molecule has 0 unspecified atom stereocenters. The van der Waals surface area contributed by atoms with Gasteiger partial charge in [-0.25, -0.2) is 0 Å². The van der Waals surface area contributed by atoms with E-state index in [1.54, 1.807) is 0 Å². The molecule has 10 rings (SSSR count). The third-order valence-corrected chi connectivity index (χ3v) is 12.0. The molecule has 0 amide bonds. The second-order valence-electron chi connectivity index (χ2n) is 15.2. The number of rotatable bonds is 5. The molecule has 2 aliphatic carbocycles. The van der Waals surface area contributed by atoms with Crippen LogP contribution in [0.1, 0.15) is 65.2 Å². The van der Waals surface area contributed by atoms with E-state index in [0.717, 1.165) is 46.0 Å². The summed E-state index contributed by atoms with van der Waals surface area (Å²) in [6.07, 6.45) is 19.1. The SMILES string of the molecule is CC1CCC(N2C=CN(c3[c-]c(N4c5[c-]c(N6C=CN(C7CCC(C)CC7)[CH-]6)ccc5-n5c6ccccc6c6cccc4c65)ccc3)[CH-]2)CC1.[Pt+4]. The first-order valence-electron chi connectivity index (χ1n) is 18.7. The number of hydrogen-bond donors (Lipinski definition) is 0. The second-order valence-corrected chi connectivity index (χ2v) is 15.2. The van der Waals surface area contributed by atoms with E-state index < -0.39 is 0 Å². The first-order valence-corrected chi connectivity index (χ1v) is 18.7. The molecular formula is C44H44N6Pt. The van der Waals surface area contributed by atoms with Gasteiger partial charge in [-0.1, -0.05) is 49.9 Å². The number of benzene rings is 4. The summed E-state index contributed by atoms with van der Waals surface area (Å²) in [6, 6.07) is 35.4. The van der Waals surface area contributed by atoms with Crippen LogP contribution in [0.2, 0.25) is 0 Å². The zero-order valence-corrected chi connectivity index (χ0v) is 31.6. The van der Waals surface area contributed by atoms with Crippen molar-refractivity contribution in [1.29, 1.82) is 0 Å². The van der Waals surface area contributed by atoms with E-state index in [0.29, 0.717) is 12.1 Å². The molecule has 260 valence electrons. The number of anilines is 5. The first kappa shape index (κ1) is 32.7. The van der Waals surface area contributed by atoms with Gasteiger partial charge in [0.15, 0.2) is 0 Å². The quantitative estimate of drug-likeness (QED) is 0.161. The summed E-state index contributed by atoms with van der Waals surface area (Å²) in [7, 11) is 0. The summed E-state index contributed by atoms with van der Waals surface area (Å²) >= 11 is 0. The Kier molecular flexibility index (Phi) is 8.42. The predicted molar refractivity (Wildman–Crippen MR) is 205 cm³/mol. The van der Waals surface area contributed by atoms with Crippen molar-refractivity contribution in [1.82, 2.24) is 14.4 Å². The van der Waals surface area contributed by atoms with Crippen LogP contribution < -0.4 is 14.7 Å². The Morgan fingerprint density at radius 3 is 1.82 bits per heavy atom. The van der Waals surface area contributed by atoms with Crippen molar-refractivity contribution in [3.8, 4) is 5.69 Å². The average Bonchev–Trinajstić information content (AvgIpc) is 3.92. The van der Waals surface area contributed by atoms with E-state index in [1.165, 1.54) is 73.2 Å². The second kappa shape index (κ2) is 13.1. The van der Waals surface area contributed by atoms with Crippen molar-refractivity contribution in [2.45, 2.75) is 77.3 Å². The van der Waals surface area contributed by atoms with E-state index in [-0.39, 0.29) is 21.1 Å². The molecule has 3 aliphatic heterocycles. The maximum atomic E-state index is 3.93. The molecule has 0 N–H and O–H groups in total. The van der Waals surface area contributed by atoms with Crippen LogP contribution in [-0.2, 0) is 21.1 Å². The summed E-state index contributed by atoms with van der Waals surface area (Å²) in [5.74, 6) is 1.67. The zero-order valence-electron chi connectivity index (χ0n) is 29.4. The molecule has 4 heterocycles. The molecule has 5 aliphatic rings. The summed E-state index contributed by atoms with van der Waals surface area (Å²) < 4.78 is 2.44. The van der Waals surface area contributed by atoms with E-state index in [4.69, 9.17) is 0 Å². The van der Waals surface area contributed by atoms with Crippen molar-refractivity contribution in [2.24, 2.45) is 11.8 Å². The smallest absolute Gasteiger partial charge is 0.505 e. The molecule has 6 nitrogen and oxygen atoms in total. The Bertz CT molecular complexity index is 2130. The number of hydrogen-bond acceptors (Lipinski definition) is 5. The van der Waals surface area contributed by atoms with Gasteiger partial charge in [0.1, 0.15) is 0 Å². The van der Waals surface area contributed by atoms with Crippen molar-refractivity contribution in [3.05, 3.63) is 123 Å². The molecule has 0 spiro atoms. The van der Waals surface area contributed by atoms with Crippen molar-refractivity contribution >= 4 is 50.2 Å². The fourth-order valence-electron chi connectivity index (χ4n) is 9.03. The fraction of sp³-hybridized carbons (Fsp3) is 0.318. The molecule has 2 saturated carbocycles. The van der Waals surface area contributed by atoms with Crippen LogP contribution >= 0.6 is 0 Å². The molecule has 7 heteroatoms. The maximum Gasteiger partial charge on any atom is 4.00 e. The van der Waals surface area contributed by atoms with Gasteiger partial charge in [-0.15, -0.1) is 47.8 Å². The summed E-state index contributed by atoms with van der Waals surface area (Å²) in [6.45, 7) is 9.31. The number of fused-ring (bicyclic) bond motifs is 5. The molecule has 0 atom stereocenters. The van der Waals surface area contributed by atoms with Gasteiger partial charge >= 0.3 is 21.1 Å². The van der Waals surface area contributed by atoms with Gasteiger partial charge in [0.25, 0.3) is 0 Å². The van der Waals surface area contributed by atoms with Crippen LogP contribution in [0, 0.1) is 37.3 Å². The molecule has 1 aromatic heterocycles. The van der Waals surface area contributed by atoms with E-state index in [2.05, 4.69) is 166 Å². The van der Waals surface area contributed by atoms with Crippen molar-refractivity contribution < 1.29 is 21.1 Å². The van der Waals surface area contributed by atoms with Crippen molar-refractivity contribution in [2.75, 3.05) is 14.7 Å². The van der Waals surface area contributed by atoms with Gasteiger partial charge in [0.05, 0.1) is 11.2 Å². The van der Waals surface area contributed by atoms with Crippen LogP contribution in [0.5, 0.6) is 0 Å². The van der Waals surface area contributed by atoms with Crippen LogP contribution in [-0.4, -0.2) is 26.5 Å². The average molecular weight is 852 g/mol. The van der Waals surface area contributed by atoms with E-state index >= 15 is 0 Å². The van der Waals surface area contributed by atoms with Gasteiger partial charge < -0.3 is 29.1 Å². The van der Waals surface area contributed by atoms with Crippen LogP contribution in [0.25, 0.3) is 27.5 Å². The third kappa shape index (κ3) is 5.57. The van der Waals surface area contributed by atoms with Gasteiger partial charge in [-0.2, -0.15) is 19.4 Å². The molecule has 2 fully saturated rings. The number of para-hydroxylation sites is 2. The number of nitrogens with zero attached hydrogens (tertiary/aromatic N) is 6. The standard InChI is InChI=1S/C44H44N6.Pt/c1-31-13-17-33(18-14-31)45-23-25-47(29-45)35-7-5-8-37(27-35)49-42-12-6-10-39-38-9-3-4-11-40(38)50(44(39)42)41-22-21-36(28-43(41)49)48-26-24-46(30-48)34-19-15-32(2)16-20-34;/h3-12,21-26,29-34H,13-20H2,1-2H3;/q-4;+4. The normalized spacial score (nSPS) is 24.2. The Balaban J connectivity index is 0.00000348. The Labute approximate surface area is 316 Å². The third-order valence-electron chi connectivity index (χ3n) is 12.0. The zero-order chi connectivity index (χ0) is 33.3. The molecule has 5 aromatic rings. The van der Waals surface area contributed by atoms with Gasteiger partial charge in [-0.05, 0) is 112 Å². The summed E-state index contributed by atoms with van der Waals surface area (Å²) in [5.41, 5.74) is 8.82. The minimum absolute atomic E-state index is 0. The topological polar surface area (TPSA) is 21.1 Å². The van der Waals surface area contributed by atoms with E-state index in [1.807, 2.05) is 0 Å². The largest absolute Gasteiger partial charge is 4.00 e. The molecule has 0 radical (unpaired) electrons.